The number of hydrogen-bond acceptors (Lipinski definition) is 7. The van der Waals surface area contributed by atoms with E-state index in [9.17, 15) is 4.79 Å². The van der Waals surface area contributed by atoms with E-state index < -0.39 is 0 Å². The number of likely N-dealkylation sites (tertiary alicyclic amines) is 1. The summed E-state index contributed by atoms with van der Waals surface area (Å²) in [4.78, 5) is 19.4. The van der Waals surface area contributed by atoms with Crippen molar-refractivity contribution >= 4 is 17.5 Å². The van der Waals surface area contributed by atoms with Crippen LogP contribution in [0.1, 0.15) is 25.7 Å². The van der Waals surface area contributed by atoms with Gasteiger partial charge >= 0.3 is 0 Å². The van der Waals surface area contributed by atoms with E-state index in [0.29, 0.717) is 0 Å². The third kappa shape index (κ3) is 4.91. The molecule has 1 unspecified atom stereocenters. The van der Waals surface area contributed by atoms with Gasteiger partial charge in [0.2, 0.25) is 5.91 Å². The van der Waals surface area contributed by atoms with Gasteiger partial charge in [0, 0.05) is 39.3 Å². The molecule has 154 valence electrons. The number of nitrogens with one attached hydrogen (secondary N) is 1. The minimum Gasteiger partial charge on any atom is -0.378 e. The zero-order valence-corrected chi connectivity index (χ0v) is 16.7. The van der Waals surface area contributed by atoms with Crippen LogP contribution >= 0.6 is 0 Å². The average Bonchev–Trinajstić information content (AvgIpc) is 3.28. The Bertz CT molecular complexity index is 628. The molecule has 1 amide bonds. The smallest absolute Gasteiger partial charge is 0.224 e. The number of hydrogen-bond donors (Lipinski definition) is 1. The Kier molecular flexibility index (Phi) is 6.59. The molecule has 1 N–H and O–H groups in total. The van der Waals surface area contributed by atoms with Gasteiger partial charge in [-0.2, -0.15) is 0 Å². The van der Waals surface area contributed by atoms with E-state index >= 15 is 0 Å². The van der Waals surface area contributed by atoms with E-state index in [0.717, 1.165) is 77.0 Å². The topological polar surface area (TPSA) is 73.8 Å². The fourth-order valence-corrected chi connectivity index (χ4v) is 4.33. The molecule has 1 aromatic rings. The van der Waals surface area contributed by atoms with Crippen molar-refractivity contribution in [2.45, 2.75) is 25.7 Å². The Morgan fingerprint density at radius 2 is 1.71 bits per heavy atom. The predicted octanol–water partition coefficient (Wildman–Crippen LogP) is 0.742. The fourth-order valence-electron chi connectivity index (χ4n) is 4.33. The van der Waals surface area contributed by atoms with Crippen LogP contribution in [-0.2, 0) is 9.53 Å². The third-order valence-electron chi connectivity index (χ3n) is 6.01. The van der Waals surface area contributed by atoms with E-state index in [1.54, 1.807) is 0 Å². The van der Waals surface area contributed by atoms with Crippen LogP contribution in [0.15, 0.2) is 12.1 Å². The first-order valence-electron chi connectivity index (χ1n) is 10.7. The van der Waals surface area contributed by atoms with Crippen molar-refractivity contribution < 1.29 is 9.53 Å². The zero-order chi connectivity index (χ0) is 19.2. The van der Waals surface area contributed by atoms with Gasteiger partial charge in [-0.25, -0.2) is 0 Å². The highest BCUT2D eigenvalue weighted by Gasteiger charge is 2.27. The number of piperidine rings is 1. The first-order valence-corrected chi connectivity index (χ1v) is 10.7. The monoisotopic (exact) mass is 388 g/mol. The number of ether oxygens (including phenoxy) is 1. The van der Waals surface area contributed by atoms with Crippen LogP contribution in [0.3, 0.4) is 0 Å². The lowest BCUT2D eigenvalue weighted by Gasteiger charge is -2.33. The molecule has 4 heterocycles. The highest BCUT2D eigenvalue weighted by molar-refractivity contribution is 5.79. The summed E-state index contributed by atoms with van der Waals surface area (Å²) < 4.78 is 5.39. The molecule has 0 radical (unpaired) electrons. The lowest BCUT2D eigenvalue weighted by Crippen LogP contribution is -2.45. The molecule has 8 nitrogen and oxygen atoms in total. The quantitative estimate of drug-likeness (QED) is 0.771. The summed E-state index contributed by atoms with van der Waals surface area (Å²) in [6.07, 6.45) is 4.54. The standard InChI is InChI=1S/C20H32N6O2/c27-20(21-7-11-24-8-1-2-9-24)17-4-3-10-26(16-17)19-6-5-18(22-23-19)25-12-14-28-15-13-25/h5-6,17H,1-4,7-16H2,(H,21,27). The second-order valence-electron chi connectivity index (χ2n) is 7.97. The minimum atomic E-state index is 0.0352. The van der Waals surface area contributed by atoms with Crippen LogP contribution in [0.25, 0.3) is 0 Å². The maximum Gasteiger partial charge on any atom is 0.224 e. The molecule has 3 aliphatic heterocycles. The predicted molar refractivity (Wildman–Crippen MR) is 109 cm³/mol. The van der Waals surface area contributed by atoms with Gasteiger partial charge in [-0.1, -0.05) is 0 Å². The SMILES string of the molecule is O=C(NCCN1CCCC1)C1CCCN(c2ccc(N3CCOCC3)nn2)C1. The van der Waals surface area contributed by atoms with E-state index in [4.69, 9.17) is 4.74 Å². The van der Waals surface area contributed by atoms with Crippen molar-refractivity contribution in [3.8, 4) is 0 Å². The summed E-state index contributed by atoms with van der Waals surface area (Å²) in [5, 5.41) is 12.0. The van der Waals surface area contributed by atoms with Crippen LogP contribution in [0.2, 0.25) is 0 Å². The van der Waals surface area contributed by atoms with Crippen molar-refractivity contribution in [3.63, 3.8) is 0 Å². The molecule has 8 heteroatoms. The van der Waals surface area contributed by atoms with Gasteiger partial charge in [-0.3, -0.25) is 4.79 Å². The van der Waals surface area contributed by atoms with E-state index in [2.05, 4.69) is 30.2 Å². The Morgan fingerprint density at radius 1 is 1.00 bits per heavy atom. The van der Waals surface area contributed by atoms with Crippen LogP contribution < -0.4 is 15.1 Å². The van der Waals surface area contributed by atoms with Crippen molar-refractivity contribution in [1.29, 1.82) is 0 Å². The summed E-state index contributed by atoms with van der Waals surface area (Å²) in [6, 6.07) is 4.07. The molecule has 28 heavy (non-hydrogen) atoms. The number of rotatable bonds is 6. The van der Waals surface area contributed by atoms with E-state index in [1.807, 2.05) is 12.1 Å². The maximum atomic E-state index is 12.6. The largest absolute Gasteiger partial charge is 0.378 e. The summed E-state index contributed by atoms with van der Waals surface area (Å²) in [5.41, 5.74) is 0. The first-order chi connectivity index (χ1) is 13.8. The van der Waals surface area contributed by atoms with Crippen molar-refractivity contribution in [2.24, 2.45) is 5.92 Å². The first kappa shape index (κ1) is 19.4. The van der Waals surface area contributed by atoms with Gasteiger partial charge in [-0.05, 0) is 50.9 Å². The molecule has 0 aromatic carbocycles. The average molecular weight is 389 g/mol. The lowest BCUT2D eigenvalue weighted by molar-refractivity contribution is -0.125. The molecule has 3 saturated heterocycles. The molecule has 4 rings (SSSR count). The molecule has 0 bridgehead atoms. The lowest BCUT2D eigenvalue weighted by atomic mass is 9.97. The molecular formula is C20H32N6O2. The summed E-state index contributed by atoms with van der Waals surface area (Å²) in [7, 11) is 0. The highest BCUT2D eigenvalue weighted by atomic mass is 16.5. The molecular weight excluding hydrogens is 356 g/mol. The Morgan fingerprint density at radius 3 is 2.43 bits per heavy atom. The number of morpholine rings is 1. The Hall–Kier alpha value is -1.93. The van der Waals surface area contributed by atoms with Gasteiger partial charge in [-0.15, -0.1) is 10.2 Å². The Balaban J connectivity index is 1.27. The number of aromatic nitrogens is 2. The number of nitrogens with zero attached hydrogens (tertiary/aromatic N) is 5. The number of anilines is 2. The van der Waals surface area contributed by atoms with Crippen LogP contribution in [0.4, 0.5) is 11.6 Å². The number of amides is 1. The van der Waals surface area contributed by atoms with Crippen molar-refractivity contribution in [2.75, 3.05) is 75.4 Å². The van der Waals surface area contributed by atoms with Crippen molar-refractivity contribution in [3.05, 3.63) is 12.1 Å². The number of carbonyl (C=O) groups is 1. The minimum absolute atomic E-state index is 0.0352. The zero-order valence-electron chi connectivity index (χ0n) is 16.7. The van der Waals surface area contributed by atoms with Gasteiger partial charge in [0.05, 0.1) is 19.1 Å². The maximum absolute atomic E-state index is 12.6. The summed E-state index contributed by atoms with van der Waals surface area (Å²) in [6.45, 7) is 8.92. The van der Waals surface area contributed by atoms with E-state index in [1.165, 1.54) is 25.9 Å². The van der Waals surface area contributed by atoms with Gasteiger partial charge in [0.15, 0.2) is 11.6 Å². The molecule has 0 saturated carbocycles. The highest BCUT2D eigenvalue weighted by Crippen LogP contribution is 2.23. The van der Waals surface area contributed by atoms with Gasteiger partial charge in [0.1, 0.15) is 0 Å². The van der Waals surface area contributed by atoms with Crippen LogP contribution in [0, 0.1) is 5.92 Å². The molecule has 3 aliphatic rings. The van der Waals surface area contributed by atoms with Crippen molar-refractivity contribution in [1.82, 2.24) is 20.4 Å². The van der Waals surface area contributed by atoms with Gasteiger partial charge < -0.3 is 24.8 Å². The Labute approximate surface area is 167 Å². The van der Waals surface area contributed by atoms with E-state index in [-0.39, 0.29) is 11.8 Å². The van der Waals surface area contributed by atoms with Gasteiger partial charge in [0.25, 0.3) is 0 Å². The van der Waals surface area contributed by atoms with Crippen LogP contribution in [0.5, 0.6) is 0 Å². The molecule has 0 aliphatic carbocycles. The molecule has 1 atom stereocenters. The summed E-state index contributed by atoms with van der Waals surface area (Å²) >= 11 is 0. The normalized spacial score (nSPS) is 23.8. The van der Waals surface area contributed by atoms with Crippen LogP contribution in [-0.4, -0.2) is 86.6 Å². The molecule has 1 aromatic heterocycles. The second kappa shape index (κ2) is 9.52. The summed E-state index contributed by atoms with van der Waals surface area (Å²) in [5.74, 6) is 1.99. The fraction of sp³-hybridized carbons (Fsp3) is 0.750. The second-order valence-corrected chi connectivity index (χ2v) is 7.97. The molecule has 3 fully saturated rings. The number of carbonyl (C=O) groups excluding carboxylic acids is 1. The molecule has 0 spiro atoms. The third-order valence-corrected chi connectivity index (χ3v) is 6.01.